The van der Waals surface area contributed by atoms with Crippen LogP contribution in [0.4, 0.5) is 10.1 Å². The van der Waals surface area contributed by atoms with Crippen LogP contribution in [0.2, 0.25) is 0 Å². The lowest BCUT2D eigenvalue weighted by Gasteiger charge is -2.44. The van der Waals surface area contributed by atoms with Crippen molar-refractivity contribution in [3.63, 3.8) is 0 Å². The standard InChI is InChI=1S/C27H29FN6O/c1-16-8-17(12-29-2)9-21(28)26(16)22-11-20-23(13-30-22)31-32-27(20)18-4-5-24-25(10-18)35-15-19-14-33(3)6-7-34(19)24/h4-5,8-11,13,19,29H,6-7,12,14-15H2,1-3H3,(H,31,32). The summed E-state index contributed by atoms with van der Waals surface area (Å²) in [6.07, 6.45) is 1.73. The van der Waals surface area contributed by atoms with Crippen LogP contribution in [-0.2, 0) is 6.54 Å². The molecule has 7 nitrogen and oxygen atoms in total. The fourth-order valence-corrected chi connectivity index (χ4v) is 5.39. The van der Waals surface area contributed by atoms with Crippen molar-refractivity contribution in [1.82, 2.24) is 25.4 Å². The maximum Gasteiger partial charge on any atom is 0.143 e. The number of aromatic amines is 1. The van der Waals surface area contributed by atoms with Gasteiger partial charge in [0.2, 0.25) is 0 Å². The molecule has 8 heteroatoms. The fraction of sp³-hybridized carbons (Fsp3) is 0.333. The van der Waals surface area contributed by atoms with Crippen molar-refractivity contribution in [2.45, 2.75) is 19.5 Å². The molecule has 0 aliphatic carbocycles. The van der Waals surface area contributed by atoms with Crippen molar-refractivity contribution in [3.05, 3.63) is 59.5 Å². The Morgan fingerprint density at radius 1 is 1.20 bits per heavy atom. The molecule has 180 valence electrons. The molecule has 0 saturated carbocycles. The van der Waals surface area contributed by atoms with Crippen molar-refractivity contribution in [2.75, 3.05) is 45.2 Å². The molecule has 0 radical (unpaired) electrons. The van der Waals surface area contributed by atoms with Crippen molar-refractivity contribution in [1.29, 1.82) is 0 Å². The molecule has 0 amide bonds. The van der Waals surface area contributed by atoms with Crippen LogP contribution in [-0.4, -0.2) is 66.5 Å². The number of H-pyrrole nitrogens is 1. The fourth-order valence-electron chi connectivity index (χ4n) is 5.39. The van der Waals surface area contributed by atoms with E-state index in [4.69, 9.17) is 4.74 Å². The van der Waals surface area contributed by atoms with Crippen molar-refractivity contribution >= 4 is 16.6 Å². The second-order valence-corrected chi connectivity index (χ2v) is 9.59. The molecule has 1 unspecified atom stereocenters. The molecular weight excluding hydrogens is 443 g/mol. The molecule has 2 aliphatic rings. The van der Waals surface area contributed by atoms with Gasteiger partial charge >= 0.3 is 0 Å². The van der Waals surface area contributed by atoms with Crippen molar-refractivity contribution in [3.8, 4) is 28.3 Å². The summed E-state index contributed by atoms with van der Waals surface area (Å²) in [5, 5.41) is 11.6. The normalized spacial score (nSPS) is 17.8. The number of pyridine rings is 1. The van der Waals surface area contributed by atoms with E-state index >= 15 is 4.39 Å². The van der Waals surface area contributed by atoms with E-state index in [1.165, 1.54) is 0 Å². The highest BCUT2D eigenvalue weighted by atomic mass is 19.1. The molecule has 2 aromatic heterocycles. The van der Waals surface area contributed by atoms with E-state index in [0.717, 1.165) is 64.4 Å². The zero-order valence-electron chi connectivity index (χ0n) is 20.2. The Bertz CT molecular complexity index is 1390. The second-order valence-electron chi connectivity index (χ2n) is 9.59. The van der Waals surface area contributed by atoms with E-state index in [2.05, 4.69) is 55.5 Å². The number of rotatable bonds is 4. The summed E-state index contributed by atoms with van der Waals surface area (Å²) >= 11 is 0. The quantitative estimate of drug-likeness (QED) is 0.469. The van der Waals surface area contributed by atoms with Gasteiger partial charge in [-0.15, -0.1) is 0 Å². The predicted octanol–water partition coefficient (Wildman–Crippen LogP) is 3.97. The number of nitrogens with one attached hydrogen (secondary N) is 2. The number of aromatic nitrogens is 3. The highest BCUT2D eigenvalue weighted by Crippen LogP contribution is 2.39. The molecule has 0 bridgehead atoms. The van der Waals surface area contributed by atoms with E-state index in [9.17, 15) is 0 Å². The van der Waals surface area contributed by atoms with Gasteiger partial charge in [0.1, 0.15) is 23.9 Å². The zero-order valence-corrected chi connectivity index (χ0v) is 20.2. The highest BCUT2D eigenvalue weighted by Gasteiger charge is 2.32. The summed E-state index contributed by atoms with van der Waals surface area (Å²) in [5.74, 6) is 0.617. The first kappa shape index (κ1) is 22.0. The average Bonchev–Trinajstić information content (AvgIpc) is 3.26. The smallest absolute Gasteiger partial charge is 0.143 e. The predicted molar refractivity (Wildman–Crippen MR) is 136 cm³/mol. The van der Waals surface area contributed by atoms with Crippen LogP contribution in [0.15, 0.2) is 42.6 Å². The van der Waals surface area contributed by atoms with Crippen LogP contribution >= 0.6 is 0 Å². The minimum atomic E-state index is -0.268. The number of ether oxygens (including phenoxy) is 1. The summed E-state index contributed by atoms with van der Waals surface area (Å²) in [4.78, 5) is 9.35. The largest absolute Gasteiger partial charge is 0.489 e. The van der Waals surface area contributed by atoms with E-state index in [1.54, 1.807) is 12.3 Å². The van der Waals surface area contributed by atoms with Crippen LogP contribution in [0.25, 0.3) is 33.4 Å². The Balaban J connectivity index is 1.38. The molecule has 2 aromatic carbocycles. The highest BCUT2D eigenvalue weighted by molar-refractivity contribution is 5.95. The Kier molecular flexibility index (Phi) is 5.42. The third kappa shape index (κ3) is 3.83. The van der Waals surface area contributed by atoms with Gasteiger partial charge in [-0.05, 0) is 56.4 Å². The Morgan fingerprint density at radius 3 is 2.91 bits per heavy atom. The van der Waals surface area contributed by atoms with E-state index in [1.807, 2.05) is 26.1 Å². The topological polar surface area (TPSA) is 69.3 Å². The third-order valence-electron chi connectivity index (χ3n) is 7.09. The molecule has 1 fully saturated rings. The number of likely N-dealkylation sites (N-methyl/N-ethyl adjacent to an activating group) is 1. The second kappa shape index (κ2) is 8.62. The van der Waals surface area contributed by atoms with Gasteiger partial charge in [0.05, 0.1) is 29.1 Å². The van der Waals surface area contributed by atoms with Gasteiger partial charge < -0.3 is 19.9 Å². The molecule has 35 heavy (non-hydrogen) atoms. The van der Waals surface area contributed by atoms with Crippen LogP contribution in [0.5, 0.6) is 5.75 Å². The summed E-state index contributed by atoms with van der Waals surface area (Å²) in [5.41, 5.74) is 6.60. The van der Waals surface area contributed by atoms with Crippen molar-refractivity contribution in [2.24, 2.45) is 0 Å². The number of halogens is 1. The molecule has 2 aliphatic heterocycles. The molecule has 4 heterocycles. The lowest BCUT2D eigenvalue weighted by atomic mass is 9.99. The molecule has 1 atom stereocenters. The maximum absolute atomic E-state index is 15.1. The molecule has 6 rings (SSSR count). The summed E-state index contributed by atoms with van der Waals surface area (Å²) in [7, 11) is 4.01. The number of hydrogen-bond acceptors (Lipinski definition) is 6. The number of anilines is 1. The van der Waals surface area contributed by atoms with E-state index in [-0.39, 0.29) is 5.82 Å². The van der Waals surface area contributed by atoms with Gasteiger partial charge in [0.25, 0.3) is 0 Å². The summed E-state index contributed by atoms with van der Waals surface area (Å²) < 4.78 is 21.3. The first-order chi connectivity index (χ1) is 17.0. The van der Waals surface area contributed by atoms with Crippen molar-refractivity contribution < 1.29 is 9.13 Å². The van der Waals surface area contributed by atoms with Crippen LogP contribution in [0.1, 0.15) is 11.1 Å². The lowest BCUT2D eigenvalue weighted by molar-refractivity contribution is 0.188. The number of nitrogens with zero attached hydrogens (tertiary/aromatic N) is 4. The van der Waals surface area contributed by atoms with Gasteiger partial charge in [-0.2, -0.15) is 5.10 Å². The Hall–Kier alpha value is -3.49. The first-order valence-electron chi connectivity index (χ1n) is 12.0. The van der Waals surface area contributed by atoms with Gasteiger partial charge in [-0.25, -0.2) is 4.39 Å². The van der Waals surface area contributed by atoms with Gasteiger partial charge in [-0.3, -0.25) is 10.1 Å². The number of aryl methyl sites for hydroxylation is 1. The third-order valence-corrected chi connectivity index (χ3v) is 7.09. The van der Waals surface area contributed by atoms with Gasteiger partial charge in [-0.1, -0.05) is 12.1 Å². The van der Waals surface area contributed by atoms with Crippen LogP contribution in [0.3, 0.4) is 0 Å². The monoisotopic (exact) mass is 472 g/mol. The summed E-state index contributed by atoms with van der Waals surface area (Å²) in [6.45, 7) is 6.27. The van der Waals surface area contributed by atoms with Crippen LogP contribution in [0, 0.1) is 12.7 Å². The maximum atomic E-state index is 15.1. The molecule has 1 saturated heterocycles. The van der Waals surface area contributed by atoms with Gasteiger partial charge in [0, 0.05) is 42.7 Å². The minimum Gasteiger partial charge on any atom is -0.489 e. The van der Waals surface area contributed by atoms with E-state index < -0.39 is 0 Å². The minimum absolute atomic E-state index is 0.268. The Labute approximate surface area is 203 Å². The number of benzene rings is 2. The molecule has 2 N–H and O–H groups in total. The zero-order chi connectivity index (χ0) is 24.1. The molecular formula is C27H29FN6O. The Morgan fingerprint density at radius 2 is 2.09 bits per heavy atom. The average molecular weight is 473 g/mol. The lowest BCUT2D eigenvalue weighted by Crippen LogP contribution is -2.56. The number of piperazine rings is 1. The number of fused-ring (bicyclic) bond motifs is 4. The molecule has 0 spiro atoms. The molecule has 4 aromatic rings. The van der Waals surface area contributed by atoms with E-state index in [0.29, 0.717) is 30.5 Å². The number of hydrogen-bond donors (Lipinski definition) is 2. The SMILES string of the molecule is CNCc1cc(C)c(-c2cc3c(-c4ccc5c(c4)OCC4CN(C)CCN54)n[nH]c3cn2)c(F)c1. The first-order valence-corrected chi connectivity index (χ1v) is 12.0. The van der Waals surface area contributed by atoms with Crippen LogP contribution < -0.4 is 15.0 Å². The van der Waals surface area contributed by atoms with Gasteiger partial charge in [0.15, 0.2) is 0 Å². The summed E-state index contributed by atoms with van der Waals surface area (Å²) in [6, 6.07) is 12.2.